The molecule has 4 nitrogen and oxygen atoms in total. The molecule has 1 atom stereocenters. The lowest BCUT2D eigenvalue weighted by Crippen LogP contribution is -2.19. The molecule has 0 bridgehead atoms. The van der Waals surface area contributed by atoms with Gasteiger partial charge in [0.1, 0.15) is 10.0 Å². The average molecular weight is 296 g/mol. The molecule has 1 amide bonds. The Balaban J connectivity index is 2.20. The van der Waals surface area contributed by atoms with Gasteiger partial charge in [-0.15, -0.1) is 0 Å². The fraction of sp³-hybridized carbons (Fsp3) is 0.308. The van der Waals surface area contributed by atoms with Crippen molar-refractivity contribution in [3.63, 3.8) is 0 Å². The van der Waals surface area contributed by atoms with Gasteiger partial charge in [-0.1, -0.05) is 36.8 Å². The first-order valence-electron chi connectivity index (χ1n) is 5.99. The smallest absolute Gasteiger partial charge is 0.227 e. The molecule has 6 heteroatoms. The molecular weight excluding hydrogens is 282 g/mol. The molecule has 0 aliphatic carbocycles. The van der Waals surface area contributed by atoms with E-state index in [9.17, 15) is 4.79 Å². The van der Waals surface area contributed by atoms with E-state index in [1.54, 1.807) is 12.4 Å². The van der Waals surface area contributed by atoms with E-state index in [0.29, 0.717) is 10.2 Å². The third kappa shape index (κ3) is 3.30. The molecule has 1 unspecified atom stereocenters. The number of carbonyl (C=O) groups excluding carboxylic acids is 1. The van der Waals surface area contributed by atoms with E-state index in [4.69, 9.17) is 11.6 Å². The average Bonchev–Trinajstić information content (AvgIpc) is 2.80. The molecule has 0 aliphatic rings. The summed E-state index contributed by atoms with van der Waals surface area (Å²) >= 11 is 7.40. The largest absolute Gasteiger partial charge is 0.315 e. The molecule has 2 rings (SSSR count). The molecule has 0 aromatic carbocycles. The first kappa shape index (κ1) is 14.0. The van der Waals surface area contributed by atoms with Gasteiger partial charge < -0.3 is 5.32 Å². The van der Waals surface area contributed by atoms with Crippen molar-refractivity contribution in [3.05, 3.63) is 29.7 Å². The van der Waals surface area contributed by atoms with E-state index in [1.807, 2.05) is 26.0 Å². The summed E-state index contributed by atoms with van der Waals surface area (Å²) in [5.74, 6) is -0.0780. The summed E-state index contributed by atoms with van der Waals surface area (Å²) in [4.78, 5) is 20.1. The third-order valence-electron chi connectivity index (χ3n) is 2.79. The number of thiazole rings is 1. The van der Waals surface area contributed by atoms with Gasteiger partial charge in [-0.3, -0.25) is 9.78 Å². The third-order valence-corrected chi connectivity index (χ3v) is 4.20. The van der Waals surface area contributed by atoms with Crippen LogP contribution in [0.15, 0.2) is 24.5 Å². The molecule has 0 aliphatic heterocycles. The van der Waals surface area contributed by atoms with E-state index in [1.165, 1.54) is 11.3 Å². The Bertz CT molecular complexity index is 571. The van der Waals surface area contributed by atoms with E-state index >= 15 is 0 Å². The van der Waals surface area contributed by atoms with Gasteiger partial charge in [-0.25, -0.2) is 4.98 Å². The van der Waals surface area contributed by atoms with Gasteiger partial charge in [0.25, 0.3) is 0 Å². The Kier molecular flexibility index (Phi) is 4.50. The molecule has 100 valence electrons. The quantitative estimate of drug-likeness (QED) is 0.932. The van der Waals surface area contributed by atoms with Crippen molar-refractivity contribution >= 4 is 33.8 Å². The molecule has 0 radical (unpaired) electrons. The SMILES string of the molecule is CCC(C)C(=O)Nc1sc(-c2cccnc2)nc1Cl. The second-order valence-electron chi connectivity index (χ2n) is 4.18. The summed E-state index contributed by atoms with van der Waals surface area (Å²) in [6.45, 7) is 3.85. The number of rotatable bonds is 4. The zero-order valence-electron chi connectivity index (χ0n) is 10.7. The Morgan fingerprint density at radius 1 is 1.58 bits per heavy atom. The highest BCUT2D eigenvalue weighted by Gasteiger charge is 2.16. The maximum Gasteiger partial charge on any atom is 0.227 e. The maximum absolute atomic E-state index is 11.8. The van der Waals surface area contributed by atoms with E-state index in [0.717, 1.165) is 17.0 Å². The molecule has 2 aromatic rings. The molecule has 1 N–H and O–H groups in total. The summed E-state index contributed by atoms with van der Waals surface area (Å²) in [5.41, 5.74) is 0.887. The fourth-order valence-electron chi connectivity index (χ4n) is 1.41. The van der Waals surface area contributed by atoms with Crippen LogP contribution in [0.3, 0.4) is 0 Å². The van der Waals surface area contributed by atoms with Crippen molar-refractivity contribution in [1.82, 2.24) is 9.97 Å². The zero-order chi connectivity index (χ0) is 13.8. The van der Waals surface area contributed by atoms with Crippen molar-refractivity contribution in [1.29, 1.82) is 0 Å². The Morgan fingerprint density at radius 3 is 3.00 bits per heavy atom. The van der Waals surface area contributed by atoms with Gasteiger partial charge in [0.05, 0.1) is 0 Å². The molecule has 0 fully saturated rings. The summed E-state index contributed by atoms with van der Waals surface area (Å²) in [6, 6.07) is 3.74. The zero-order valence-corrected chi connectivity index (χ0v) is 12.3. The number of carbonyl (C=O) groups is 1. The number of hydrogen-bond acceptors (Lipinski definition) is 4. The Morgan fingerprint density at radius 2 is 2.37 bits per heavy atom. The van der Waals surface area contributed by atoms with Crippen LogP contribution in [0.1, 0.15) is 20.3 Å². The van der Waals surface area contributed by atoms with Crippen molar-refractivity contribution in [2.75, 3.05) is 5.32 Å². The van der Waals surface area contributed by atoms with Crippen LogP contribution in [0.4, 0.5) is 5.00 Å². The normalized spacial score (nSPS) is 12.2. The highest BCUT2D eigenvalue weighted by atomic mass is 35.5. The topological polar surface area (TPSA) is 54.9 Å². The lowest BCUT2D eigenvalue weighted by molar-refractivity contribution is -0.119. The van der Waals surface area contributed by atoms with Crippen LogP contribution in [0, 0.1) is 5.92 Å². The number of amides is 1. The highest BCUT2D eigenvalue weighted by Crippen LogP contribution is 2.34. The van der Waals surface area contributed by atoms with Gasteiger partial charge in [-0.05, 0) is 18.6 Å². The summed E-state index contributed by atoms with van der Waals surface area (Å²) in [5, 5.41) is 4.47. The van der Waals surface area contributed by atoms with Crippen LogP contribution in [0.5, 0.6) is 0 Å². The van der Waals surface area contributed by atoms with Crippen molar-refractivity contribution in [2.45, 2.75) is 20.3 Å². The number of hydrogen-bond donors (Lipinski definition) is 1. The van der Waals surface area contributed by atoms with Gasteiger partial charge in [0.15, 0.2) is 5.15 Å². The monoisotopic (exact) mass is 295 g/mol. The van der Waals surface area contributed by atoms with E-state index in [2.05, 4.69) is 15.3 Å². The lowest BCUT2D eigenvalue weighted by atomic mass is 10.1. The van der Waals surface area contributed by atoms with E-state index in [-0.39, 0.29) is 11.8 Å². The lowest BCUT2D eigenvalue weighted by Gasteiger charge is -2.07. The molecule has 19 heavy (non-hydrogen) atoms. The predicted octanol–water partition coefficient (Wildman–Crippen LogP) is 3.84. The van der Waals surface area contributed by atoms with Crippen LogP contribution in [-0.2, 0) is 4.79 Å². The molecule has 2 aromatic heterocycles. The molecule has 0 saturated heterocycles. The maximum atomic E-state index is 11.8. The molecule has 0 saturated carbocycles. The number of nitrogens with zero attached hydrogens (tertiary/aromatic N) is 2. The number of pyridine rings is 1. The number of aromatic nitrogens is 2. The van der Waals surface area contributed by atoms with Crippen LogP contribution in [0.2, 0.25) is 5.15 Å². The van der Waals surface area contributed by atoms with Gasteiger partial charge in [0.2, 0.25) is 5.91 Å². The van der Waals surface area contributed by atoms with Crippen molar-refractivity contribution in [2.24, 2.45) is 5.92 Å². The number of nitrogens with one attached hydrogen (secondary N) is 1. The first-order chi connectivity index (χ1) is 9.11. The highest BCUT2D eigenvalue weighted by molar-refractivity contribution is 7.19. The minimum Gasteiger partial charge on any atom is -0.315 e. The molecule has 0 spiro atoms. The minimum absolute atomic E-state index is 0.0363. The van der Waals surface area contributed by atoms with Gasteiger partial charge in [0, 0.05) is 23.9 Å². The first-order valence-corrected chi connectivity index (χ1v) is 7.18. The van der Waals surface area contributed by atoms with Gasteiger partial charge >= 0.3 is 0 Å². The second kappa shape index (κ2) is 6.12. The summed E-state index contributed by atoms with van der Waals surface area (Å²) in [7, 11) is 0. The van der Waals surface area contributed by atoms with E-state index < -0.39 is 0 Å². The summed E-state index contributed by atoms with van der Waals surface area (Å²) in [6.07, 6.45) is 4.21. The number of halogens is 1. The minimum atomic E-state index is -0.0417. The fourth-order valence-corrected chi connectivity index (χ4v) is 2.56. The Labute approximate surface area is 120 Å². The van der Waals surface area contributed by atoms with Crippen LogP contribution in [-0.4, -0.2) is 15.9 Å². The summed E-state index contributed by atoms with van der Waals surface area (Å²) < 4.78 is 0. The molecular formula is C13H14ClN3OS. The predicted molar refractivity (Wildman–Crippen MR) is 78.4 cm³/mol. The number of anilines is 1. The standard InChI is InChI=1S/C13H14ClN3OS/c1-3-8(2)11(18)17-13-10(14)16-12(19-13)9-5-4-6-15-7-9/h4-8H,3H2,1-2H3,(H,17,18). The van der Waals surface area contributed by atoms with Crippen molar-refractivity contribution < 1.29 is 4.79 Å². The van der Waals surface area contributed by atoms with Crippen LogP contribution < -0.4 is 5.32 Å². The molecule has 2 heterocycles. The Hall–Kier alpha value is -1.46. The second-order valence-corrected chi connectivity index (χ2v) is 5.54. The van der Waals surface area contributed by atoms with Crippen LogP contribution >= 0.6 is 22.9 Å². The van der Waals surface area contributed by atoms with Crippen molar-refractivity contribution in [3.8, 4) is 10.6 Å². The van der Waals surface area contributed by atoms with Gasteiger partial charge in [-0.2, -0.15) is 0 Å². The van der Waals surface area contributed by atoms with Crippen LogP contribution in [0.25, 0.3) is 10.6 Å².